The van der Waals surface area contributed by atoms with Gasteiger partial charge in [0.15, 0.2) is 5.82 Å². The van der Waals surface area contributed by atoms with Crippen molar-refractivity contribution in [3.63, 3.8) is 0 Å². The Morgan fingerprint density at radius 2 is 1.83 bits per heavy atom. The molecule has 0 fully saturated rings. The molecule has 8 nitrogen and oxygen atoms in total. The van der Waals surface area contributed by atoms with Gasteiger partial charge in [-0.3, -0.25) is 4.79 Å². The molecule has 0 spiro atoms. The zero-order valence-electron chi connectivity index (χ0n) is 19.2. The van der Waals surface area contributed by atoms with Gasteiger partial charge in [-0.15, -0.1) is 0 Å². The molecule has 1 atom stereocenters. The highest BCUT2D eigenvalue weighted by Crippen LogP contribution is 2.18. The van der Waals surface area contributed by atoms with E-state index in [0.717, 1.165) is 11.4 Å². The predicted molar refractivity (Wildman–Crippen MR) is 116 cm³/mol. The number of aryl methyl sites for hydroxylation is 2. The number of nitrogens with one attached hydrogen (secondary N) is 2. The SMILES string of the molecule is Cc1cc(C)n(-c2ccc(C(=O)NC(C)(CNC(=O)OC(C)(C)C)C(C)C)cn2)n1. The second-order valence-electron chi connectivity index (χ2n) is 9.13. The smallest absolute Gasteiger partial charge is 0.407 e. The van der Waals surface area contributed by atoms with E-state index in [2.05, 4.69) is 20.7 Å². The molecule has 2 aromatic heterocycles. The average Bonchev–Trinajstić information content (AvgIpc) is 2.97. The molecule has 2 aromatic rings. The van der Waals surface area contributed by atoms with E-state index in [1.807, 2.05) is 40.7 Å². The molecule has 8 heteroatoms. The molecule has 2 amide bonds. The number of pyridine rings is 1. The van der Waals surface area contributed by atoms with Crippen LogP contribution in [0.1, 0.15) is 63.3 Å². The standard InChI is InChI=1S/C22H33N5O3/c1-14(2)22(8,13-24-20(29)30-21(5,6)7)25-19(28)17-9-10-18(23-12-17)27-16(4)11-15(3)26-27/h9-12,14H,13H2,1-8H3,(H,24,29)(H,25,28). The highest BCUT2D eigenvalue weighted by molar-refractivity contribution is 5.94. The molecule has 0 aliphatic rings. The molecule has 0 aromatic carbocycles. The molecule has 30 heavy (non-hydrogen) atoms. The van der Waals surface area contributed by atoms with Crippen LogP contribution in [0, 0.1) is 19.8 Å². The number of aromatic nitrogens is 3. The molecule has 0 saturated carbocycles. The third kappa shape index (κ3) is 6.05. The number of hydrogen-bond donors (Lipinski definition) is 2. The van der Waals surface area contributed by atoms with Crippen LogP contribution in [-0.2, 0) is 4.74 Å². The van der Waals surface area contributed by atoms with Crippen molar-refractivity contribution in [1.82, 2.24) is 25.4 Å². The lowest BCUT2D eigenvalue weighted by atomic mass is 9.88. The Morgan fingerprint density at radius 3 is 2.30 bits per heavy atom. The first-order valence-electron chi connectivity index (χ1n) is 10.1. The monoisotopic (exact) mass is 415 g/mol. The Balaban J connectivity index is 2.08. The van der Waals surface area contributed by atoms with E-state index in [4.69, 9.17) is 4.74 Å². The number of nitrogens with zero attached hydrogens (tertiary/aromatic N) is 3. The third-order valence-electron chi connectivity index (χ3n) is 4.91. The van der Waals surface area contributed by atoms with Crippen molar-refractivity contribution < 1.29 is 14.3 Å². The summed E-state index contributed by atoms with van der Waals surface area (Å²) in [6, 6.07) is 5.45. The fourth-order valence-electron chi connectivity index (χ4n) is 2.80. The number of amides is 2. The zero-order chi connectivity index (χ0) is 22.7. The van der Waals surface area contributed by atoms with Gasteiger partial charge in [0, 0.05) is 18.4 Å². The van der Waals surface area contributed by atoms with Crippen LogP contribution in [0.15, 0.2) is 24.4 Å². The molecule has 2 heterocycles. The van der Waals surface area contributed by atoms with Gasteiger partial charge in [-0.2, -0.15) is 5.10 Å². The summed E-state index contributed by atoms with van der Waals surface area (Å²) in [4.78, 5) is 29.2. The fourth-order valence-corrected chi connectivity index (χ4v) is 2.80. The molecule has 0 saturated heterocycles. The first-order chi connectivity index (χ1) is 13.8. The Kier molecular flexibility index (Phi) is 6.90. The van der Waals surface area contributed by atoms with E-state index in [0.29, 0.717) is 11.4 Å². The van der Waals surface area contributed by atoms with E-state index < -0.39 is 17.2 Å². The van der Waals surface area contributed by atoms with Crippen LogP contribution >= 0.6 is 0 Å². The predicted octanol–water partition coefficient (Wildman–Crippen LogP) is 3.55. The Hall–Kier alpha value is -2.90. The van der Waals surface area contributed by atoms with Crippen molar-refractivity contribution in [3.05, 3.63) is 41.3 Å². The maximum Gasteiger partial charge on any atom is 0.407 e. The highest BCUT2D eigenvalue weighted by atomic mass is 16.6. The second kappa shape index (κ2) is 8.85. The lowest BCUT2D eigenvalue weighted by molar-refractivity contribution is 0.0497. The molecular weight excluding hydrogens is 382 g/mol. The third-order valence-corrected chi connectivity index (χ3v) is 4.91. The maximum atomic E-state index is 12.8. The first kappa shape index (κ1) is 23.4. The van der Waals surface area contributed by atoms with Crippen LogP contribution in [0.2, 0.25) is 0 Å². The van der Waals surface area contributed by atoms with Gasteiger partial charge in [-0.25, -0.2) is 14.5 Å². The fraction of sp³-hybridized carbons (Fsp3) is 0.545. The molecule has 0 aliphatic carbocycles. The van der Waals surface area contributed by atoms with Crippen LogP contribution in [-0.4, -0.2) is 44.4 Å². The first-order valence-corrected chi connectivity index (χ1v) is 10.1. The van der Waals surface area contributed by atoms with Crippen LogP contribution in [0.25, 0.3) is 5.82 Å². The van der Waals surface area contributed by atoms with E-state index in [-0.39, 0.29) is 18.4 Å². The van der Waals surface area contributed by atoms with Gasteiger partial charge in [0.25, 0.3) is 5.91 Å². The Labute approximate surface area is 178 Å². The normalized spacial score (nSPS) is 13.6. The van der Waals surface area contributed by atoms with E-state index in [1.54, 1.807) is 37.6 Å². The van der Waals surface area contributed by atoms with Gasteiger partial charge in [-0.1, -0.05) is 13.8 Å². The summed E-state index contributed by atoms with van der Waals surface area (Å²) in [5.41, 5.74) is 1.06. The molecule has 0 radical (unpaired) electrons. The Bertz CT molecular complexity index is 896. The van der Waals surface area contributed by atoms with E-state index in [1.165, 1.54) is 6.20 Å². The minimum absolute atomic E-state index is 0.0679. The zero-order valence-corrected chi connectivity index (χ0v) is 19.2. The Morgan fingerprint density at radius 1 is 1.17 bits per heavy atom. The van der Waals surface area contributed by atoms with Crippen LogP contribution in [0.3, 0.4) is 0 Å². The van der Waals surface area contributed by atoms with Crippen molar-refractivity contribution in [2.24, 2.45) is 5.92 Å². The number of alkyl carbamates (subject to hydrolysis) is 1. The number of carbonyl (C=O) groups is 2. The summed E-state index contributed by atoms with van der Waals surface area (Å²) < 4.78 is 7.02. The molecule has 2 N–H and O–H groups in total. The van der Waals surface area contributed by atoms with E-state index >= 15 is 0 Å². The molecule has 164 valence electrons. The summed E-state index contributed by atoms with van der Waals surface area (Å²) in [7, 11) is 0. The van der Waals surface area contributed by atoms with Crippen molar-refractivity contribution in [3.8, 4) is 5.82 Å². The summed E-state index contributed by atoms with van der Waals surface area (Å²) >= 11 is 0. The largest absolute Gasteiger partial charge is 0.444 e. The number of hydrogen-bond acceptors (Lipinski definition) is 5. The summed E-state index contributed by atoms with van der Waals surface area (Å²) in [6.45, 7) is 15.4. The number of carbonyl (C=O) groups excluding carboxylic acids is 2. The van der Waals surface area contributed by atoms with Crippen LogP contribution in [0.4, 0.5) is 4.79 Å². The van der Waals surface area contributed by atoms with Gasteiger partial charge in [0.1, 0.15) is 5.60 Å². The average molecular weight is 416 g/mol. The summed E-state index contributed by atoms with van der Waals surface area (Å²) in [5.74, 6) is 0.457. The number of rotatable bonds is 6. The van der Waals surface area contributed by atoms with Gasteiger partial charge in [0.05, 0.1) is 16.8 Å². The lowest BCUT2D eigenvalue weighted by Crippen LogP contribution is -2.57. The molecular formula is C22H33N5O3. The molecule has 1 unspecified atom stereocenters. The molecule has 0 aliphatic heterocycles. The van der Waals surface area contributed by atoms with Crippen molar-refractivity contribution in [2.45, 2.75) is 66.5 Å². The van der Waals surface area contributed by atoms with Crippen molar-refractivity contribution in [1.29, 1.82) is 0 Å². The van der Waals surface area contributed by atoms with Crippen LogP contribution < -0.4 is 10.6 Å². The van der Waals surface area contributed by atoms with Crippen LogP contribution in [0.5, 0.6) is 0 Å². The van der Waals surface area contributed by atoms with Gasteiger partial charge in [0.2, 0.25) is 0 Å². The lowest BCUT2D eigenvalue weighted by Gasteiger charge is -2.35. The summed E-state index contributed by atoms with van der Waals surface area (Å²) in [6.07, 6.45) is 1.02. The van der Waals surface area contributed by atoms with Gasteiger partial charge in [-0.05, 0) is 65.7 Å². The van der Waals surface area contributed by atoms with Gasteiger partial charge >= 0.3 is 6.09 Å². The van der Waals surface area contributed by atoms with Crippen molar-refractivity contribution in [2.75, 3.05) is 6.54 Å². The molecule has 0 bridgehead atoms. The quantitative estimate of drug-likeness (QED) is 0.752. The second-order valence-corrected chi connectivity index (χ2v) is 9.13. The van der Waals surface area contributed by atoms with E-state index in [9.17, 15) is 9.59 Å². The highest BCUT2D eigenvalue weighted by Gasteiger charge is 2.32. The number of ether oxygens (including phenoxy) is 1. The minimum Gasteiger partial charge on any atom is -0.444 e. The van der Waals surface area contributed by atoms with Crippen molar-refractivity contribution >= 4 is 12.0 Å². The minimum atomic E-state index is -0.664. The van der Waals surface area contributed by atoms with Gasteiger partial charge < -0.3 is 15.4 Å². The summed E-state index contributed by atoms with van der Waals surface area (Å²) in [5, 5.41) is 10.2. The topological polar surface area (TPSA) is 98.1 Å². The maximum absolute atomic E-state index is 12.8. The molecule has 2 rings (SSSR count).